The molecule has 0 bridgehead atoms. The van der Waals surface area contributed by atoms with E-state index in [-0.39, 0.29) is 11.4 Å². The summed E-state index contributed by atoms with van der Waals surface area (Å²) in [7, 11) is -0.303. The lowest BCUT2D eigenvalue weighted by molar-refractivity contribution is 0.466. The number of anilines is 1. The van der Waals surface area contributed by atoms with Crippen molar-refractivity contribution in [1.82, 2.24) is 14.1 Å². The minimum atomic E-state index is -3.64. The molecule has 0 unspecified atom stereocenters. The molecule has 2 aromatic rings. The molecule has 1 heterocycles. The highest BCUT2D eigenvalue weighted by Gasteiger charge is 2.26. The number of nitrogens with two attached hydrogens (primary N) is 1. The van der Waals surface area contributed by atoms with Crippen molar-refractivity contribution in [3.63, 3.8) is 0 Å². The fourth-order valence-electron chi connectivity index (χ4n) is 2.20. The van der Waals surface area contributed by atoms with Crippen molar-refractivity contribution in [2.45, 2.75) is 25.3 Å². The molecule has 2 rings (SSSR count). The normalized spacial score (nSPS) is 12.0. The number of hydrogen-bond acceptors (Lipinski definition) is 4. The first-order chi connectivity index (χ1) is 9.73. The van der Waals surface area contributed by atoms with Crippen LogP contribution in [0.1, 0.15) is 16.7 Å². The number of aryl methyl sites for hydroxylation is 3. The summed E-state index contributed by atoms with van der Waals surface area (Å²) in [5.41, 5.74) is 8.53. The van der Waals surface area contributed by atoms with Crippen molar-refractivity contribution in [2.75, 3.05) is 12.8 Å². The molecule has 0 aliphatic carbocycles. The first-order valence-electron chi connectivity index (χ1n) is 6.53. The number of rotatable bonds is 4. The molecule has 0 saturated carbocycles. The van der Waals surface area contributed by atoms with Crippen molar-refractivity contribution >= 4 is 15.7 Å². The summed E-state index contributed by atoms with van der Waals surface area (Å²) in [6, 6.07) is 3.60. The summed E-state index contributed by atoms with van der Waals surface area (Å²) in [4.78, 5) is 0.189. The molecular formula is C14H20N4O2S. The number of hydrogen-bond donors (Lipinski definition) is 1. The summed E-state index contributed by atoms with van der Waals surface area (Å²) >= 11 is 0. The molecule has 7 heteroatoms. The molecule has 0 saturated heterocycles. The molecular weight excluding hydrogens is 288 g/mol. The van der Waals surface area contributed by atoms with Crippen LogP contribution in [0.2, 0.25) is 0 Å². The standard InChI is InChI=1S/C14H20N4O2S/c1-10-5-6-11(2)14(13(10)15)21(19,20)18(4)9-12-7-16-17(3)8-12/h5-8H,9,15H2,1-4H3. The lowest BCUT2D eigenvalue weighted by atomic mass is 10.1. The predicted molar refractivity (Wildman–Crippen MR) is 82.2 cm³/mol. The van der Waals surface area contributed by atoms with Gasteiger partial charge in [0.25, 0.3) is 0 Å². The van der Waals surface area contributed by atoms with Crippen LogP contribution in [0.3, 0.4) is 0 Å². The predicted octanol–water partition coefficient (Wildman–Crippen LogP) is 1.44. The zero-order valence-electron chi connectivity index (χ0n) is 12.7. The van der Waals surface area contributed by atoms with Gasteiger partial charge < -0.3 is 5.73 Å². The average Bonchev–Trinajstić information content (AvgIpc) is 2.79. The maximum Gasteiger partial charge on any atom is 0.245 e. The highest BCUT2D eigenvalue weighted by molar-refractivity contribution is 7.89. The Hall–Kier alpha value is -1.86. The molecule has 0 aliphatic rings. The van der Waals surface area contributed by atoms with Gasteiger partial charge in [-0.3, -0.25) is 4.68 Å². The van der Waals surface area contributed by atoms with E-state index in [1.165, 1.54) is 4.31 Å². The molecule has 0 amide bonds. The van der Waals surface area contributed by atoms with Gasteiger partial charge in [0.15, 0.2) is 0 Å². The second-order valence-electron chi connectivity index (χ2n) is 5.23. The molecule has 2 N–H and O–H groups in total. The van der Waals surface area contributed by atoms with Gasteiger partial charge in [0.2, 0.25) is 10.0 Å². The number of sulfonamides is 1. The fourth-order valence-corrected chi connectivity index (χ4v) is 3.75. The molecule has 0 spiro atoms. The topological polar surface area (TPSA) is 81.2 Å². The van der Waals surface area contributed by atoms with Crippen LogP contribution in [0, 0.1) is 13.8 Å². The third-order valence-corrected chi connectivity index (χ3v) is 5.45. The Kier molecular flexibility index (Phi) is 4.06. The van der Waals surface area contributed by atoms with E-state index in [1.54, 1.807) is 51.1 Å². The van der Waals surface area contributed by atoms with Gasteiger partial charge in [-0.1, -0.05) is 12.1 Å². The van der Waals surface area contributed by atoms with E-state index in [1.807, 2.05) is 6.07 Å². The van der Waals surface area contributed by atoms with Gasteiger partial charge in [0.05, 0.1) is 11.9 Å². The Morgan fingerprint density at radius 1 is 1.29 bits per heavy atom. The monoisotopic (exact) mass is 308 g/mol. The smallest absolute Gasteiger partial charge is 0.245 e. The van der Waals surface area contributed by atoms with Gasteiger partial charge >= 0.3 is 0 Å². The molecule has 6 nitrogen and oxygen atoms in total. The van der Waals surface area contributed by atoms with Crippen LogP contribution in [0.15, 0.2) is 29.4 Å². The van der Waals surface area contributed by atoms with E-state index in [9.17, 15) is 8.42 Å². The minimum absolute atomic E-state index is 0.189. The highest BCUT2D eigenvalue weighted by atomic mass is 32.2. The van der Waals surface area contributed by atoms with Gasteiger partial charge in [-0.2, -0.15) is 9.40 Å². The van der Waals surface area contributed by atoms with Crippen molar-refractivity contribution in [1.29, 1.82) is 0 Å². The molecule has 114 valence electrons. The van der Waals surface area contributed by atoms with Gasteiger partial charge in [-0.25, -0.2) is 8.42 Å². The summed E-state index contributed by atoms with van der Waals surface area (Å²) < 4.78 is 28.4. The number of nitrogens with zero attached hydrogens (tertiary/aromatic N) is 3. The van der Waals surface area contributed by atoms with Crippen molar-refractivity contribution < 1.29 is 8.42 Å². The van der Waals surface area contributed by atoms with E-state index >= 15 is 0 Å². The Balaban J connectivity index is 2.40. The Bertz CT molecular complexity index is 765. The maximum atomic E-state index is 12.8. The van der Waals surface area contributed by atoms with E-state index < -0.39 is 10.0 Å². The van der Waals surface area contributed by atoms with Gasteiger partial charge in [0, 0.05) is 32.4 Å². The van der Waals surface area contributed by atoms with E-state index in [0.29, 0.717) is 11.3 Å². The van der Waals surface area contributed by atoms with Crippen LogP contribution >= 0.6 is 0 Å². The third kappa shape index (κ3) is 2.93. The van der Waals surface area contributed by atoms with E-state index in [0.717, 1.165) is 11.1 Å². The number of aromatic nitrogens is 2. The Labute approximate surface area is 125 Å². The van der Waals surface area contributed by atoms with Crippen molar-refractivity contribution in [2.24, 2.45) is 7.05 Å². The Morgan fingerprint density at radius 3 is 2.48 bits per heavy atom. The van der Waals surface area contributed by atoms with Crippen LogP contribution in [0.5, 0.6) is 0 Å². The van der Waals surface area contributed by atoms with Crippen LogP contribution in [0.25, 0.3) is 0 Å². The molecule has 21 heavy (non-hydrogen) atoms. The van der Waals surface area contributed by atoms with Gasteiger partial charge in [-0.05, 0) is 25.0 Å². The van der Waals surface area contributed by atoms with Crippen LogP contribution in [0.4, 0.5) is 5.69 Å². The lowest BCUT2D eigenvalue weighted by Gasteiger charge is -2.20. The zero-order valence-corrected chi connectivity index (χ0v) is 13.5. The third-order valence-electron chi connectivity index (χ3n) is 3.44. The highest BCUT2D eigenvalue weighted by Crippen LogP contribution is 2.28. The van der Waals surface area contributed by atoms with Crippen molar-refractivity contribution in [3.8, 4) is 0 Å². The largest absolute Gasteiger partial charge is 0.397 e. The average molecular weight is 308 g/mol. The second-order valence-corrected chi connectivity index (χ2v) is 7.21. The zero-order chi connectivity index (χ0) is 15.8. The Morgan fingerprint density at radius 2 is 1.90 bits per heavy atom. The maximum absolute atomic E-state index is 12.8. The quantitative estimate of drug-likeness (QED) is 0.867. The summed E-state index contributed by atoms with van der Waals surface area (Å²) in [5, 5.41) is 4.04. The second kappa shape index (κ2) is 5.50. The minimum Gasteiger partial charge on any atom is -0.397 e. The first-order valence-corrected chi connectivity index (χ1v) is 7.97. The summed E-state index contributed by atoms with van der Waals surface area (Å²) in [6.07, 6.45) is 3.44. The molecule has 0 atom stereocenters. The van der Waals surface area contributed by atoms with Crippen LogP contribution < -0.4 is 5.73 Å². The van der Waals surface area contributed by atoms with Gasteiger partial charge in [-0.15, -0.1) is 0 Å². The van der Waals surface area contributed by atoms with E-state index in [2.05, 4.69) is 5.10 Å². The molecule has 1 aromatic carbocycles. The van der Waals surface area contributed by atoms with Crippen LogP contribution in [-0.4, -0.2) is 29.6 Å². The van der Waals surface area contributed by atoms with Gasteiger partial charge in [0.1, 0.15) is 4.90 Å². The SMILES string of the molecule is Cc1ccc(C)c(S(=O)(=O)N(C)Cc2cnn(C)c2)c1N. The fraction of sp³-hybridized carbons (Fsp3) is 0.357. The first kappa shape index (κ1) is 15.5. The summed E-state index contributed by atoms with van der Waals surface area (Å²) in [5.74, 6) is 0. The molecule has 0 aliphatic heterocycles. The lowest BCUT2D eigenvalue weighted by Crippen LogP contribution is -2.28. The summed E-state index contributed by atoms with van der Waals surface area (Å²) in [6.45, 7) is 3.80. The molecule has 0 fully saturated rings. The molecule has 1 aromatic heterocycles. The molecule has 0 radical (unpaired) electrons. The van der Waals surface area contributed by atoms with E-state index in [4.69, 9.17) is 5.73 Å². The van der Waals surface area contributed by atoms with Crippen molar-refractivity contribution in [3.05, 3.63) is 41.2 Å². The number of benzene rings is 1. The number of nitrogen functional groups attached to an aromatic ring is 1. The van der Waals surface area contributed by atoms with Crippen LogP contribution in [-0.2, 0) is 23.6 Å².